The van der Waals surface area contributed by atoms with Crippen LogP contribution >= 0.6 is 0 Å². The highest BCUT2D eigenvalue weighted by Gasteiger charge is 2.24. The molecule has 0 aliphatic rings. The fourth-order valence-corrected chi connectivity index (χ4v) is 6.77. The quantitative estimate of drug-likeness (QED) is 0.0478. The van der Waals surface area contributed by atoms with Gasteiger partial charge < -0.3 is 19.8 Å². The summed E-state index contributed by atoms with van der Waals surface area (Å²) in [6.07, 6.45) is 6.37. The number of ketones is 1. The van der Waals surface area contributed by atoms with Gasteiger partial charge in [-0.3, -0.25) is 9.69 Å². The molecule has 0 spiro atoms. The molecular weight excluding hydrogens is 725 g/mol. The van der Waals surface area contributed by atoms with Crippen molar-refractivity contribution in [1.29, 1.82) is 0 Å². The Kier molecular flexibility index (Phi) is 14.6. The van der Waals surface area contributed by atoms with Crippen molar-refractivity contribution in [3.63, 3.8) is 0 Å². The van der Waals surface area contributed by atoms with E-state index in [4.69, 9.17) is 9.15 Å². The highest BCUT2D eigenvalue weighted by atomic mass is 16.5. The Morgan fingerprint density at radius 2 is 1.45 bits per heavy atom. The molecule has 9 nitrogen and oxygen atoms in total. The maximum absolute atomic E-state index is 13.9. The zero-order valence-electron chi connectivity index (χ0n) is 33.6. The Bertz CT molecular complexity index is 2250. The normalized spacial score (nSPS) is 11.4. The molecule has 0 radical (unpaired) electrons. The summed E-state index contributed by atoms with van der Waals surface area (Å²) in [7, 11) is 1.78. The molecule has 0 fully saturated rings. The maximum atomic E-state index is 13.9. The second-order valence-corrected chi connectivity index (χ2v) is 14.4. The molecule has 0 aliphatic heterocycles. The van der Waals surface area contributed by atoms with Crippen LogP contribution < -0.4 is 15.5 Å². The number of hydrogen-bond acceptors (Lipinski definition) is 7. The minimum atomic E-state index is -0.809. The van der Waals surface area contributed by atoms with Crippen molar-refractivity contribution >= 4 is 29.2 Å². The largest absolute Gasteiger partial charge is 0.464 e. The van der Waals surface area contributed by atoms with Gasteiger partial charge in [0, 0.05) is 54.5 Å². The first-order valence-electron chi connectivity index (χ1n) is 20.1. The number of hydrogen-bond donors (Lipinski definition) is 2. The van der Waals surface area contributed by atoms with Crippen LogP contribution in [0.1, 0.15) is 72.0 Å². The van der Waals surface area contributed by atoms with Crippen molar-refractivity contribution in [1.82, 2.24) is 10.3 Å². The standard InChI is InChI=1S/C49H52N4O5/c1-4-5-6-7-16-31-50-49(56)53(3)41-23-17-22-40(34-41)37-28-26-36(27-29-37)33-45(51-44-25-15-14-24-42(44)46(54)38-18-10-8-11-19-38)48(55)57-32-30-43-35(2)58-47(52-43)39-20-12-9-13-21-39/h8-15,17-29,34,45,51H,4-7,16,30-33H2,1-3H3,(H,50,56). The molecule has 0 saturated carbocycles. The van der Waals surface area contributed by atoms with E-state index in [2.05, 4.69) is 22.5 Å². The van der Waals surface area contributed by atoms with Gasteiger partial charge in [-0.2, -0.15) is 0 Å². The van der Waals surface area contributed by atoms with E-state index >= 15 is 0 Å². The number of para-hydroxylation sites is 1. The van der Waals surface area contributed by atoms with Crippen molar-refractivity contribution in [2.24, 2.45) is 0 Å². The fourth-order valence-electron chi connectivity index (χ4n) is 6.77. The number of nitrogens with zero attached hydrogens (tertiary/aromatic N) is 2. The molecule has 0 bridgehead atoms. The molecule has 5 aromatic carbocycles. The summed E-state index contributed by atoms with van der Waals surface area (Å²) in [4.78, 5) is 46.7. The molecule has 2 N–H and O–H groups in total. The smallest absolute Gasteiger partial charge is 0.328 e. The van der Waals surface area contributed by atoms with Gasteiger partial charge in [0.2, 0.25) is 5.89 Å². The van der Waals surface area contributed by atoms with E-state index in [-0.39, 0.29) is 18.4 Å². The van der Waals surface area contributed by atoms with Crippen molar-refractivity contribution in [3.05, 3.63) is 162 Å². The molecule has 1 aromatic heterocycles. The number of oxazole rings is 1. The van der Waals surface area contributed by atoms with E-state index < -0.39 is 12.0 Å². The van der Waals surface area contributed by atoms with Crippen LogP contribution in [-0.4, -0.2) is 49.0 Å². The highest BCUT2D eigenvalue weighted by Crippen LogP contribution is 2.27. The van der Waals surface area contributed by atoms with Gasteiger partial charge in [-0.15, -0.1) is 0 Å². The molecule has 6 aromatic rings. The van der Waals surface area contributed by atoms with Gasteiger partial charge in [-0.05, 0) is 66.4 Å². The third-order valence-electron chi connectivity index (χ3n) is 10.1. The van der Waals surface area contributed by atoms with E-state index in [0.717, 1.165) is 46.5 Å². The van der Waals surface area contributed by atoms with Gasteiger partial charge in [-0.1, -0.05) is 130 Å². The number of ether oxygens (including phenoxy) is 1. The Balaban J connectivity index is 1.16. The number of amides is 2. The van der Waals surface area contributed by atoms with Crippen LogP contribution in [0.2, 0.25) is 0 Å². The molecular formula is C49H52N4O5. The number of benzene rings is 5. The predicted octanol–water partition coefficient (Wildman–Crippen LogP) is 10.5. The number of aromatic nitrogens is 1. The predicted molar refractivity (Wildman–Crippen MR) is 231 cm³/mol. The molecule has 1 unspecified atom stereocenters. The molecule has 1 atom stereocenters. The van der Waals surface area contributed by atoms with Crippen LogP contribution in [0.4, 0.5) is 16.2 Å². The third kappa shape index (κ3) is 11.1. The summed E-state index contributed by atoms with van der Waals surface area (Å²) in [5.74, 6) is 0.593. The number of rotatable bonds is 19. The number of nitrogens with one attached hydrogen (secondary N) is 2. The Morgan fingerprint density at radius 3 is 2.21 bits per heavy atom. The van der Waals surface area contributed by atoms with E-state index in [1.54, 1.807) is 36.2 Å². The number of aryl methyl sites for hydroxylation is 1. The number of carbonyl (C=O) groups is 3. The van der Waals surface area contributed by atoms with Crippen molar-refractivity contribution < 1.29 is 23.5 Å². The first-order chi connectivity index (χ1) is 28.3. The van der Waals surface area contributed by atoms with Crippen LogP contribution in [0.25, 0.3) is 22.6 Å². The van der Waals surface area contributed by atoms with Crippen LogP contribution in [0.3, 0.4) is 0 Å². The zero-order chi connectivity index (χ0) is 40.7. The summed E-state index contributed by atoms with van der Waals surface area (Å²) in [5, 5.41) is 6.40. The lowest BCUT2D eigenvalue weighted by Crippen LogP contribution is -2.37. The van der Waals surface area contributed by atoms with Gasteiger partial charge >= 0.3 is 12.0 Å². The maximum Gasteiger partial charge on any atom is 0.328 e. The summed E-state index contributed by atoms with van der Waals surface area (Å²) in [6, 6.07) is 40.9. The van der Waals surface area contributed by atoms with Gasteiger partial charge in [0.05, 0.1) is 12.3 Å². The monoisotopic (exact) mass is 776 g/mol. The van der Waals surface area contributed by atoms with Gasteiger partial charge in [0.1, 0.15) is 11.8 Å². The van der Waals surface area contributed by atoms with Gasteiger partial charge in [0.25, 0.3) is 0 Å². The minimum Gasteiger partial charge on any atom is -0.464 e. The minimum absolute atomic E-state index is 0.101. The first kappa shape index (κ1) is 41.2. The average molecular weight is 777 g/mol. The Hall–Kier alpha value is -6.48. The fraction of sp³-hybridized carbons (Fsp3) is 0.265. The highest BCUT2D eigenvalue weighted by molar-refractivity contribution is 6.12. The zero-order valence-corrected chi connectivity index (χ0v) is 33.6. The Labute approximate surface area is 341 Å². The molecule has 9 heteroatoms. The van der Waals surface area contributed by atoms with E-state index in [1.807, 2.05) is 116 Å². The van der Waals surface area contributed by atoms with Crippen molar-refractivity contribution in [3.8, 4) is 22.6 Å². The Morgan fingerprint density at radius 1 is 0.759 bits per heavy atom. The number of anilines is 2. The second-order valence-electron chi connectivity index (χ2n) is 14.4. The lowest BCUT2D eigenvalue weighted by atomic mass is 9.98. The molecule has 298 valence electrons. The van der Waals surface area contributed by atoms with Crippen LogP contribution in [0, 0.1) is 6.92 Å². The van der Waals surface area contributed by atoms with Crippen LogP contribution in [0.15, 0.2) is 138 Å². The molecule has 58 heavy (non-hydrogen) atoms. The van der Waals surface area contributed by atoms with Crippen molar-refractivity contribution in [2.75, 3.05) is 30.4 Å². The van der Waals surface area contributed by atoms with Crippen molar-refractivity contribution in [2.45, 2.75) is 64.8 Å². The van der Waals surface area contributed by atoms with Gasteiger partial charge in [0.15, 0.2) is 5.78 Å². The van der Waals surface area contributed by atoms with E-state index in [0.29, 0.717) is 47.9 Å². The number of urea groups is 1. The third-order valence-corrected chi connectivity index (χ3v) is 10.1. The van der Waals surface area contributed by atoms with Crippen LogP contribution in [-0.2, 0) is 22.4 Å². The summed E-state index contributed by atoms with van der Waals surface area (Å²) in [5.41, 5.74) is 6.77. The SMILES string of the molecule is CCCCCCCNC(=O)N(C)c1cccc(-c2ccc(CC(Nc3ccccc3C(=O)c3ccccc3)C(=O)OCCc3nc(-c4ccccc4)oc3C)cc2)c1. The lowest BCUT2D eigenvalue weighted by molar-refractivity contribution is -0.144. The first-order valence-corrected chi connectivity index (χ1v) is 20.1. The number of esters is 1. The number of unbranched alkanes of at least 4 members (excludes halogenated alkanes) is 4. The molecule has 0 saturated heterocycles. The molecule has 2 amide bonds. The summed E-state index contributed by atoms with van der Waals surface area (Å²) < 4.78 is 11.8. The summed E-state index contributed by atoms with van der Waals surface area (Å²) in [6.45, 7) is 4.80. The van der Waals surface area contributed by atoms with Crippen LogP contribution in [0.5, 0.6) is 0 Å². The van der Waals surface area contributed by atoms with E-state index in [1.165, 1.54) is 19.3 Å². The number of carbonyl (C=O) groups excluding carboxylic acids is 3. The second kappa shape index (κ2) is 20.6. The molecule has 0 aliphatic carbocycles. The topological polar surface area (TPSA) is 114 Å². The van der Waals surface area contributed by atoms with E-state index in [9.17, 15) is 14.4 Å². The summed E-state index contributed by atoms with van der Waals surface area (Å²) >= 11 is 0. The molecule has 6 rings (SSSR count). The molecule has 1 heterocycles. The average Bonchev–Trinajstić information content (AvgIpc) is 3.64. The lowest BCUT2D eigenvalue weighted by Gasteiger charge is -2.21. The van der Waals surface area contributed by atoms with Gasteiger partial charge in [-0.25, -0.2) is 14.6 Å².